The summed E-state index contributed by atoms with van der Waals surface area (Å²) in [6.45, 7) is -1.16. The fraction of sp³-hybridized carbons (Fsp3) is 0.244. The summed E-state index contributed by atoms with van der Waals surface area (Å²) >= 11 is 0. The average molecular weight is 1140 g/mol. The van der Waals surface area contributed by atoms with Gasteiger partial charge in [-0.25, -0.2) is 23.2 Å². The zero-order valence-corrected chi connectivity index (χ0v) is 42.8. The summed E-state index contributed by atoms with van der Waals surface area (Å²) < 4.78 is 53.8. The lowest BCUT2D eigenvalue weighted by Gasteiger charge is -2.28. The molecule has 2 unspecified atom stereocenters. The highest BCUT2D eigenvalue weighted by molar-refractivity contribution is 7.66. The third-order valence-corrected chi connectivity index (χ3v) is 15.6. The third-order valence-electron chi connectivity index (χ3n) is 11.8. The summed E-state index contributed by atoms with van der Waals surface area (Å²) in [5, 5.41) is 47.6. The lowest BCUT2D eigenvalue weighted by molar-refractivity contribution is -0.122. The van der Waals surface area contributed by atoms with Crippen LogP contribution in [0.25, 0.3) is 10.8 Å². The quantitative estimate of drug-likeness (QED) is 0.0185. The molecule has 408 valence electrons. The van der Waals surface area contributed by atoms with E-state index >= 15 is 0 Å². The Morgan fingerprint density at radius 1 is 0.833 bits per heavy atom. The van der Waals surface area contributed by atoms with Gasteiger partial charge in [-0.05, 0) is 40.4 Å². The Kier molecular flexibility index (Phi) is 17.3. The zero-order chi connectivity index (χ0) is 56.1. The van der Waals surface area contributed by atoms with E-state index in [1.807, 2.05) is 11.1 Å². The minimum absolute atomic E-state index is 0.0122. The van der Waals surface area contributed by atoms with Crippen LogP contribution in [0.1, 0.15) is 61.3 Å². The summed E-state index contributed by atoms with van der Waals surface area (Å²) in [7, 11) is -18.7. The van der Waals surface area contributed by atoms with Gasteiger partial charge in [-0.3, -0.25) is 42.9 Å². The topological polar surface area (TPSA) is 423 Å². The molecule has 0 aliphatic carbocycles. The van der Waals surface area contributed by atoms with E-state index in [1.54, 1.807) is 72.8 Å². The smallest absolute Gasteiger partial charge is 0.423 e. The molecule has 8 rings (SSSR count). The van der Waals surface area contributed by atoms with Crippen LogP contribution < -0.4 is 32.7 Å². The number of nitrogens with zero attached hydrogens (tertiary/aromatic N) is 5. The Labute approximate surface area is 439 Å². The van der Waals surface area contributed by atoms with Gasteiger partial charge in [-0.15, -0.1) is 5.10 Å². The van der Waals surface area contributed by atoms with Crippen molar-refractivity contribution in [2.24, 2.45) is 0 Å². The molecule has 6 aromatic rings. The Morgan fingerprint density at radius 3 is 2.28 bits per heavy atom. The van der Waals surface area contributed by atoms with Gasteiger partial charge in [0.2, 0.25) is 11.8 Å². The second kappa shape index (κ2) is 23.8. The molecule has 29 nitrogen and oxygen atoms in total. The lowest BCUT2D eigenvalue weighted by atomic mass is 9.77. The first kappa shape index (κ1) is 56.9. The molecule has 0 spiro atoms. The van der Waals surface area contributed by atoms with E-state index in [1.165, 1.54) is 15.8 Å². The van der Waals surface area contributed by atoms with Crippen molar-refractivity contribution in [3.8, 4) is 11.8 Å². The minimum atomic E-state index is -5.81. The number of phosphoric acid groups is 3. The van der Waals surface area contributed by atoms with E-state index in [0.29, 0.717) is 44.2 Å². The van der Waals surface area contributed by atoms with Crippen molar-refractivity contribution in [2.75, 3.05) is 18.5 Å². The van der Waals surface area contributed by atoms with Gasteiger partial charge in [0, 0.05) is 59.5 Å². The zero-order valence-electron chi connectivity index (χ0n) is 40.1. The molecule has 1 fully saturated rings. The number of aromatic amines is 1. The molecule has 0 radical (unpaired) electrons. The van der Waals surface area contributed by atoms with Crippen LogP contribution in [0, 0.1) is 11.8 Å². The van der Waals surface area contributed by atoms with Gasteiger partial charge in [-0.2, -0.15) is 8.62 Å². The number of imide groups is 1. The summed E-state index contributed by atoms with van der Waals surface area (Å²) in [6.07, 6.45) is -2.52. The molecule has 11 N–H and O–H groups in total. The van der Waals surface area contributed by atoms with Gasteiger partial charge < -0.3 is 55.4 Å². The number of H-pyrrole nitrogens is 1. The van der Waals surface area contributed by atoms with Gasteiger partial charge in [0.15, 0.2) is 0 Å². The highest BCUT2D eigenvalue weighted by Crippen LogP contribution is 2.66. The van der Waals surface area contributed by atoms with Gasteiger partial charge in [-0.1, -0.05) is 77.7 Å². The Morgan fingerprint density at radius 2 is 1.55 bits per heavy atom. The van der Waals surface area contributed by atoms with Crippen LogP contribution in [-0.4, -0.2) is 120 Å². The predicted octanol–water partition coefficient (Wildman–Crippen LogP) is -0.612. The van der Waals surface area contributed by atoms with Crippen LogP contribution in [0.3, 0.4) is 0 Å². The van der Waals surface area contributed by atoms with E-state index in [4.69, 9.17) is 14.5 Å². The predicted molar refractivity (Wildman–Crippen MR) is 269 cm³/mol. The maximum absolute atomic E-state index is 13.8. The number of aliphatic hydroxyl groups is 1. The number of ether oxygens (including phenoxy) is 1. The van der Waals surface area contributed by atoms with Crippen molar-refractivity contribution in [1.82, 2.24) is 40.1 Å². The number of carbonyl (C=O) groups is 4. The number of aliphatic hydroxyl groups excluding tert-OH is 1. The largest absolute Gasteiger partial charge is 0.490 e. The van der Waals surface area contributed by atoms with E-state index in [2.05, 4.69) is 51.2 Å². The molecule has 5 atom stereocenters. The van der Waals surface area contributed by atoms with Crippen molar-refractivity contribution in [3.63, 3.8) is 0 Å². The number of benzene rings is 4. The SMILES string of the molecule is O=C(Cc1cn(CC(=O)NCc2ccc(CN3C(=O)c4cccc5c(NCc6ccccc6B(O)O)ccc(c45)C3=O)cc2)nn1)NCC#Cc1cn([C@H]2C[C@H](O)[C@@H](COP(=O)(O)OP(=O)(O)OP(=O)(O)O)O2)c(=O)[nH]c1=O. The molecule has 2 aromatic heterocycles. The second-order valence-electron chi connectivity index (χ2n) is 17.3. The summed E-state index contributed by atoms with van der Waals surface area (Å²) in [5.41, 5.74) is 1.77. The molecule has 33 heteroatoms. The molecule has 0 saturated carbocycles. The molecule has 4 amide bonds. The van der Waals surface area contributed by atoms with Crippen LogP contribution >= 0.6 is 23.5 Å². The maximum atomic E-state index is 13.8. The van der Waals surface area contributed by atoms with E-state index in [-0.39, 0.29) is 56.8 Å². The number of nitrogens with one attached hydrogen (secondary N) is 4. The van der Waals surface area contributed by atoms with Gasteiger partial charge >= 0.3 is 36.3 Å². The van der Waals surface area contributed by atoms with Crippen LogP contribution in [0.2, 0.25) is 0 Å². The second-order valence-corrected chi connectivity index (χ2v) is 21.7. The number of aromatic nitrogens is 5. The molecule has 4 aromatic carbocycles. The molecule has 4 heterocycles. The fourth-order valence-corrected chi connectivity index (χ4v) is 11.3. The third kappa shape index (κ3) is 14.2. The van der Waals surface area contributed by atoms with Crippen molar-refractivity contribution < 1.29 is 85.5 Å². The highest BCUT2D eigenvalue weighted by atomic mass is 31.3. The molecule has 2 aliphatic heterocycles. The first-order valence-electron chi connectivity index (χ1n) is 23.0. The molecule has 0 bridgehead atoms. The summed E-state index contributed by atoms with van der Waals surface area (Å²) in [5.74, 6) is 3.13. The van der Waals surface area contributed by atoms with E-state index in [0.717, 1.165) is 16.3 Å². The normalized spacial score (nSPS) is 17.7. The average Bonchev–Trinajstić information content (AvgIpc) is 4.04. The lowest BCUT2D eigenvalue weighted by Crippen LogP contribution is -2.39. The van der Waals surface area contributed by atoms with Crippen molar-refractivity contribution in [3.05, 3.63) is 151 Å². The Bertz CT molecular complexity index is 3630. The maximum Gasteiger partial charge on any atom is 0.490 e. The number of hydrogen-bond acceptors (Lipinski definition) is 19. The van der Waals surface area contributed by atoms with Gasteiger partial charge in [0.25, 0.3) is 17.4 Å². The fourth-order valence-electron chi connectivity index (χ4n) is 8.23. The van der Waals surface area contributed by atoms with Crippen LogP contribution in [0.15, 0.2) is 101 Å². The molecule has 2 aliphatic rings. The number of phosphoric ester groups is 1. The van der Waals surface area contributed by atoms with E-state index < -0.39 is 90.5 Å². The van der Waals surface area contributed by atoms with Crippen LogP contribution in [0.4, 0.5) is 5.69 Å². The molecular formula is C45H45BN9O20P3. The number of amides is 4. The standard InChI is InChI=1S/C45H45BN9O20P3/c56-36-18-40(73-37(36)25-72-77(68,69)75-78(70,71)74-76(65,66)67)54-22-29(42(59)50-45(54)62)6-4-16-47-38(57)17-30-23-53(52-51-30)24-39(58)49-19-26-10-12-27(13-11-26)21-55-43(60)32-8-3-7-31-35(15-14-33(41(31)32)44(55)61)48-20-28-5-1-2-9-34(28)46(63)64/h1-3,5,7-15,22-23,36-37,40,48,56,63-64H,16-21,24-25H2,(H,47,57)(H,49,58)(H,68,69)(H,70,71)(H,50,59,62)(H2,65,66,67)/t36-,37+,40+/m0/s1. The number of carbonyl (C=O) groups excluding carboxylic acids is 4. The van der Waals surface area contributed by atoms with Gasteiger partial charge in [0.05, 0.1) is 37.9 Å². The Balaban J connectivity index is 0.774. The number of anilines is 1. The first-order valence-corrected chi connectivity index (χ1v) is 27.5. The minimum Gasteiger partial charge on any atom is -0.423 e. The number of hydrogen-bond donors (Lipinski definition) is 11. The molecule has 78 heavy (non-hydrogen) atoms. The van der Waals surface area contributed by atoms with Crippen molar-refractivity contribution >= 4 is 76.1 Å². The molecule has 1 saturated heterocycles. The van der Waals surface area contributed by atoms with Gasteiger partial charge in [0.1, 0.15) is 24.4 Å². The number of rotatable bonds is 21. The Hall–Kier alpha value is -7.29. The van der Waals surface area contributed by atoms with Crippen molar-refractivity contribution in [2.45, 2.75) is 57.5 Å². The van der Waals surface area contributed by atoms with E-state index in [9.17, 15) is 67.4 Å². The van der Waals surface area contributed by atoms with Crippen molar-refractivity contribution in [1.29, 1.82) is 0 Å². The summed E-state index contributed by atoms with van der Waals surface area (Å²) in [4.78, 5) is 118. The first-order chi connectivity index (χ1) is 36.9. The molecular weight excluding hydrogens is 1090 g/mol. The van der Waals surface area contributed by atoms with Crippen LogP contribution in [0.5, 0.6) is 0 Å². The van der Waals surface area contributed by atoms with Crippen LogP contribution in [-0.2, 0) is 73.8 Å². The summed E-state index contributed by atoms with van der Waals surface area (Å²) in [6, 6.07) is 22.5. The monoisotopic (exact) mass is 1140 g/mol. The highest BCUT2D eigenvalue weighted by Gasteiger charge is 2.43.